The van der Waals surface area contributed by atoms with Gasteiger partial charge in [-0.05, 0) is 11.8 Å². The summed E-state index contributed by atoms with van der Waals surface area (Å²) in [5.74, 6) is 2.39. The van der Waals surface area contributed by atoms with E-state index in [4.69, 9.17) is 0 Å². The van der Waals surface area contributed by atoms with E-state index in [1.54, 1.807) is 5.92 Å². The summed E-state index contributed by atoms with van der Waals surface area (Å²) < 4.78 is 0. The summed E-state index contributed by atoms with van der Waals surface area (Å²) in [4.78, 5) is 0. The Hall–Kier alpha value is 0. The predicted octanol–water partition coefficient (Wildman–Crippen LogP) is 4.02. The van der Waals surface area contributed by atoms with Crippen LogP contribution in [-0.4, -0.2) is 0 Å². The van der Waals surface area contributed by atoms with Crippen LogP contribution in [0.1, 0.15) is 52.9 Å². The molecule has 0 N–H and O–H groups in total. The minimum atomic E-state index is 0.819. The number of unbranched alkanes of at least 4 members (excludes halogenated alkanes) is 3. The Labute approximate surface area is 72.4 Å². The Balaban J connectivity index is 3.10. The van der Waals surface area contributed by atoms with E-state index in [9.17, 15) is 0 Å². The van der Waals surface area contributed by atoms with E-state index in [0.29, 0.717) is 0 Å². The Morgan fingerprint density at radius 3 is 2.27 bits per heavy atom. The number of hydrogen-bond donors (Lipinski definition) is 0. The highest BCUT2D eigenvalue weighted by Gasteiger charge is 2.05. The van der Waals surface area contributed by atoms with E-state index < -0.39 is 0 Å². The number of rotatable bonds is 6. The molecule has 0 saturated carbocycles. The fourth-order valence-electron chi connectivity index (χ4n) is 1.09. The van der Waals surface area contributed by atoms with Crippen LogP contribution in [0, 0.1) is 18.8 Å². The zero-order chi connectivity index (χ0) is 8.69. The van der Waals surface area contributed by atoms with Crippen molar-refractivity contribution in [1.82, 2.24) is 0 Å². The molecule has 11 heavy (non-hydrogen) atoms. The highest BCUT2D eigenvalue weighted by molar-refractivity contribution is 4.83. The van der Waals surface area contributed by atoms with E-state index >= 15 is 0 Å². The van der Waals surface area contributed by atoms with Crippen molar-refractivity contribution in [2.45, 2.75) is 52.9 Å². The molecule has 0 heteroatoms. The van der Waals surface area contributed by atoms with Crippen LogP contribution in [-0.2, 0) is 0 Å². The molecule has 1 unspecified atom stereocenters. The van der Waals surface area contributed by atoms with Crippen LogP contribution in [0.3, 0.4) is 0 Å². The third kappa shape index (κ3) is 6.40. The first-order valence-electron chi connectivity index (χ1n) is 4.77. The van der Waals surface area contributed by atoms with E-state index in [2.05, 4.69) is 27.7 Å². The topological polar surface area (TPSA) is 0 Å². The molecule has 1 atom stereocenters. The van der Waals surface area contributed by atoms with Gasteiger partial charge in [0.05, 0.1) is 0 Å². The maximum Gasteiger partial charge on any atom is -0.0275 e. The highest BCUT2D eigenvalue weighted by Crippen LogP contribution is 2.19. The molecule has 0 spiro atoms. The molecule has 0 aromatic heterocycles. The molecule has 0 aromatic rings. The minimum Gasteiger partial charge on any atom is -0.0620 e. The van der Waals surface area contributed by atoms with Crippen LogP contribution >= 0.6 is 0 Å². The van der Waals surface area contributed by atoms with Gasteiger partial charge in [-0.1, -0.05) is 59.8 Å². The summed E-state index contributed by atoms with van der Waals surface area (Å²) >= 11 is 0. The van der Waals surface area contributed by atoms with Crippen molar-refractivity contribution in [3.63, 3.8) is 0 Å². The summed E-state index contributed by atoms with van der Waals surface area (Å²) in [5, 5.41) is 0. The maximum absolute atomic E-state index is 3.83. The van der Waals surface area contributed by atoms with Crippen molar-refractivity contribution in [3.05, 3.63) is 12.8 Å². The highest BCUT2D eigenvalue weighted by atomic mass is 14.1. The van der Waals surface area contributed by atoms with Crippen molar-refractivity contribution >= 4 is 0 Å². The second kappa shape index (κ2) is 6.69. The van der Waals surface area contributed by atoms with Gasteiger partial charge in [0.1, 0.15) is 0 Å². The zero-order valence-corrected chi connectivity index (χ0v) is 8.32. The third-order valence-electron chi connectivity index (χ3n) is 2.37. The van der Waals surface area contributed by atoms with Crippen molar-refractivity contribution in [2.75, 3.05) is 0 Å². The van der Waals surface area contributed by atoms with Gasteiger partial charge in [0.15, 0.2) is 0 Å². The fraction of sp³-hybridized carbons (Fsp3) is 0.818. The lowest BCUT2D eigenvalue weighted by Crippen LogP contribution is -2.01. The first kappa shape index (κ1) is 11.0. The molecule has 0 aliphatic carbocycles. The van der Waals surface area contributed by atoms with Gasteiger partial charge in [-0.3, -0.25) is 0 Å². The average molecular weight is 154 g/mol. The first-order chi connectivity index (χ1) is 5.18. The van der Waals surface area contributed by atoms with Crippen molar-refractivity contribution < 1.29 is 0 Å². The van der Waals surface area contributed by atoms with Crippen molar-refractivity contribution in [1.29, 1.82) is 0 Å². The average Bonchev–Trinajstić information content (AvgIpc) is 1.97. The molecule has 0 aromatic carbocycles. The summed E-state index contributed by atoms with van der Waals surface area (Å²) in [6.07, 6.45) is 6.50. The van der Waals surface area contributed by atoms with Gasteiger partial charge < -0.3 is 0 Å². The second-order valence-electron chi connectivity index (χ2n) is 3.68. The van der Waals surface area contributed by atoms with E-state index in [-0.39, 0.29) is 0 Å². The van der Waals surface area contributed by atoms with Crippen LogP contribution in [0.25, 0.3) is 0 Å². The molecule has 0 amide bonds. The SMILES string of the molecule is [CH2]CCCCCC(C)[C](C)C. The molecule has 0 nitrogen and oxygen atoms in total. The van der Waals surface area contributed by atoms with Gasteiger partial charge in [0.2, 0.25) is 0 Å². The van der Waals surface area contributed by atoms with E-state index in [1.807, 2.05) is 0 Å². The Kier molecular flexibility index (Phi) is 6.69. The molecule has 0 heterocycles. The molecular formula is C11H22. The lowest BCUT2D eigenvalue weighted by atomic mass is 9.92. The van der Waals surface area contributed by atoms with Crippen LogP contribution in [0.4, 0.5) is 0 Å². The molecule has 0 aliphatic heterocycles. The summed E-state index contributed by atoms with van der Waals surface area (Å²) in [6, 6.07) is 0. The maximum atomic E-state index is 3.83. The van der Waals surface area contributed by atoms with Crippen LogP contribution in [0.15, 0.2) is 0 Å². The standard InChI is InChI=1S/C11H22/c1-5-6-7-8-9-11(4)10(2)3/h11H,1,5-9H2,2-4H3. The lowest BCUT2D eigenvalue weighted by molar-refractivity contribution is 0.506. The Bertz CT molecular complexity index is 74.1. The minimum absolute atomic E-state index is 0.819. The Morgan fingerprint density at radius 1 is 1.18 bits per heavy atom. The van der Waals surface area contributed by atoms with Gasteiger partial charge in [0, 0.05) is 0 Å². The lowest BCUT2D eigenvalue weighted by Gasteiger charge is -2.13. The molecular weight excluding hydrogens is 132 g/mol. The van der Waals surface area contributed by atoms with Gasteiger partial charge in [-0.25, -0.2) is 0 Å². The summed E-state index contributed by atoms with van der Waals surface area (Å²) in [6.45, 7) is 10.6. The van der Waals surface area contributed by atoms with E-state index in [1.165, 1.54) is 25.7 Å². The van der Waals surface area contributed by atoms with Crippen molar-refractivity contribution in [2.24, 2.45) is 5.92 Å². The van der Waals surface area contributed by atoms with Gasteiger partial charge in [0.25, 0.3) is 0 Å². The van der Waals surface area contributed by atoms with Crippen molar-refractivity contribution in [3.8, 4) is 0 Å². The Morgan fingerprint density at radius 2 is 1.82 bits per heavy atom. The van der Waals surface area contributed by atoms with Gasteiger partial charge in [-0.15, -0.1) is 0 Å². The normalized spacial score (nSPS) is 13.9. The van der Waals surface area contributed by atoms with Gasteiger partial charge >= 0.3 is 0 Å². The van der Waals surface area contributed by atoms with E-state index in [0.717, 1.165) is 12.3 Å². The summed E-state index contributed by atoms with van der Waals surface area (Å²) in [5.41, 5.74) is 0. The monoisotopic (exact) mass is 154 g/mol. The molecule has 0 fully saturated rings. The fourth-order valence-corrected chi connectivity index (χ4v) is 1.09. The van der Waals surface area contributed by atoms with Crippen LogP contribution in [0.5, 0.6) is 0 Å². The van der Waals surface area contributed by atoms with Crippen LogP contribution < -0.4 is 0 Å². The summed E-state index contributed by atoms with van der Waals surface area (Å²) in [7, 11) is 0. The first-order valence-corrected chi connectivity index (χ1v) is 4.77. The largest absolute Gasteiger partial charge is 0.0620 e. The molecule has 0 aliphatic rings. The quantitative estimate of drug-likeness (QED) is 0.507. The molecule has 0 saturated heterocycles. The molecule has 0 rings (SSSR count). The third-order valence-corrected chi connectivity index (χ3v) is 2.37. The molecule has 0 bridgehead atoms. The van der Waals surface area contributed by atoms with Crippen LogP contribution in [0.2, 0.25) is 0 Å². The molecule has 2 radical (unpaired) electrons. The smallest absolute Gasteiger partial charge is 0.0275 e. The number of hydrogen-bond acceptors (Lipinski definition) is 0. The predicted molar refractivity (Wildman–Crippen MR) is 52.2 cm³/mol. The second-order valence-corrected chi connectivity index (χ2v) is 3.68. The molecule has 66 valence electrons. The zero-order valence-electron chi connectivity index (χ0n) is 8.32. The van der Waals surface area contributed by atoms with Gasteiger partial charge in [-0.2, -0.15) is 0 Å².